The van der Waals surface area contributed by atoms with Crippen molar-refractivity contribution in [2.24, 2.45) is 5.41 Å². The first kappa shape index (κ1) is 17.8. The smallest absolute Gasteiger partial charge is 0.239 e. The third-order valence-electron chi connectivity index (χ3n) is 3.35. The van der Waals surface area contributed by atoms with Gasteiger partial charge in [-0.15, -0.1) is 0 Å². The van der Waals surface area contributed by atoms with Gasteiger partial charge in [-0.1, -0.05) is 29.3 Å². The predicted octanol–water partition coefficient (Wildman–Crippen LogP) is 3.83. The molecular formula is C15H20Cl2N2O2. The van der Waals surface area contributed by atoms with E-state index in [9.17, 15) is 9.59 Å². The Morgan fingerprint density at radius 3 is 2.05 bits per heavy atom. The van der Waals surface area contributed by atoms with E-state index in [2.05, 4.69) is 5.32 Å². The molecule has 0 aliphatic carbocycles. The number of hydrogen-bond acceptors (Lipinski definition) is 2. The van der Waals surface area contributed by atoms with Gasteiger partial charge in [0, 0.05) is 13.1 Å². The second kappa shape index (κ2) is 7.14. The molecule has 0 spiro atoms. The quantitative estimate of drug-likeness (QED) is 0.834. The zero-order valence-electron chi connectivity index (χ0n) is 12.7. The van der Waals surface area contributed by atoms with Crippen molar-refractivity contribution in [1.29, 1.82) is 0 Å². The van der Waals surface area contributed by atoms with Gasteiger partial charge < -0.3 is 10.2 Å². The lowest BCUT2D eigenvalue weighted by molar-refractivity contribution is -0.146. The van der Waals surface area contributed by atoms with Crippen molar-refractivity contribution < 1.29 is 9.59 Å². The van der Waals surface area contributed by atoms with Crippen LogP contribution in [0.3, 0.4) is 0 Å². The molecule has 0 bridgehead atoms. The first-order valence-corrected chi connectivity index (χ1v) is 7.56. The lowest BCUT2D eigenvalue weighted by Crippen LogP contribution is -2.47. The fraction of sp³-hybridized carbons (Fsp3) is 0.467. The van der Waals surface area contributed by atoms with Crippen LogP contribution in [0.25, 0.3) is 0 Å². The minimum Gasteiger partial charge on any atom is -0.342 e. The first-order chi connectivity index (χ1) is 9.75. The summed E-state index contributed by atoms with van der Waals surface area (Å²) >= 11 is 12.1. The molecule has 2 amide bonds. The van der Waals surface area contributed by atoms with Crippen LogP contribution in [0, 0.1) is 5.41 Å². The Balaban J connectivity index is 2.99. The van der Waals surface area contributed by atoms with Crippen LogP contribution < -0.4 is 5.32 Å². The number of para-hydroxylation sites is 1. The number of carbonyl (C=O) groups is 2. The van der Waals surface area contributed by atoms with E-state index in [1.54, 1.807) is 36.9 Å². The summed E-state index contributed by atoms with van der Waals surface area (Å²) in [5.74, 6) is -0.664. The van der Waals surface area contributed by atoms with Crippen LogP contribution in [0.2, 0.25) is 10.0 Å². The molecule has 0 unspecified atom stereocenters. The highest BCUT2D eigenvalue weighted by Crippen LogP contribution is 2.31. The van der Waals surface area contributed by atoms with E-state index in [4.69, 9.17) is 23.2 Å². The lowest BCUT2D eigenvalue weighted by Gasteiger charge is -2.29. The number of benzene rings is 1. The Labute approximate surface area is 135 Å². The van der Waals surface area contributed by atoms with Gasteiger partial charge in [0.1, 0.15) is 5.41 Å². The monoisotopic (exact) mass is 330 g/mol. The van der Waals surface area contributed by atoms with Crippen LogP contribution in [0.4, 0.5) is 5.69 Å². The number of halogens is 2. The van der Waals surface area contributed by atoms with Gasteiger partial charge in [0.15, 0.2) is 0 Å². The summed E-state index contributed by atoms with van der Waals surface area (Å²) in [6, 6.07) is 4.94. The van der Waals surface area contributed by atoms with E-state index in [0.717, 1.165) is 0 Å². The number of nitrogens with zero attached hydrogens (tertiary/aromatic N) is 1. The molecule has 116 valence electrons. The van der Waals surface area contributed by atoms with Gasteiger partial charge >= 0.3 is 0 Å². The van der Waals surface area contributed by atoms with E-state index in [0.29, 0.717) is 28.8 Å². The Morgan fingerprint density at radius 2 is 1.62 bits per heavy atom. The summed E-state index contributed by atoms with van der Waals surface area (Å²) in [5.41, 5.74) is -0.875. The van der Waals surface area contributed by atoms with E-state index >= 15 is 0 Å². The highest BCUT2D eigenvalue weighted by molar-refractivity contribution is 6.40. The van der Waals surface area contributed by atoms with Crippen molar-refractivity contribution in [3.63, 3.8) is 0 Å². The molecule has 6 heteroatoms. The number of hydrogen-bond donors (Lipinski definition) is 1. The highest BCUT2D eigenvalue weighted by Gasteiger charge is 2.38. The van der Waals surface area contributed by atoms with Crippen LogP contribution in [-0.4, -0.2) is 29.8 Å². The number of nitrogens with one attached hydrogen (secondary N) is 1. The van der Waals surface area contributed by atoms with E-state index in [-0.39, 0.29) is 5.91 Å². The molecule has 1 aromatic rings. The standard InChI is InChI=1S/C15H20Cl2N2O2/c1-5-19(6-2)14(21)15(3,4)13(20)18-12-10(16)8-7-9-11(12)17/h7-9H,5-6H2,1-4H3,(H,18,20). The molecule has 0 saturated heterocycles. The van der Waals surface area contributed by atoms with Crippen molar-refractivity contribution in [3.05, 3.63) is 28.2 Å². The molecule has 0 saturated carbocycles. The molecule has 0 heterocycles. The molecule has 21 heavy (non-hydrogen) atoms. The number of anilines is 1. The lowest BCUT2D eigenvalue weighted by atomic mass is 9.90. The highest BCUT2D eigenvalue weighted by atomic mass is 35.5. The van der Waals surface area contributed by atoms with Gasteiger partial charge in [0.05, 0.1) is 15.7 Å². The predicted molar refractivity (Wildman–Crippen MR) is 86.8 cm³/mol. The molecule has 0 aliphatic heterocycles. The Hall–Kier alpha value is -1.26. The average Bonchev–Trinajstić information content (AvgIpc) is 2.43. The number of rotatable bonds is 5. The molecule has 0 fully saturated rings. The van der Waals surface area contributed by atoms with Gasteiger partial charge in [-0.05, 0) is 39.8 Å². The molecular weight excluding hydrogens is 311 g/mol. The van der Waals surface area contributed by atoms with Crippen molar-refractivity contribution in [2.75, 3.05) is 18.4 Å². The normalized spacial score (nSPS) is 11.1. The van der Waals surface area contributed by atoms with Crippen LogP contribution >= 0.6 is 23.2 Å². The van der Waals surface area contributed by atoms with Crippen molar-refractivity contribution in [1.82, 2.24) is 4.90 Å². The van der Waals surface area contributed by atoms with E-state index in [1.165, 1.54) is 0 Å². The molecule has 1 rings (SSSR count). The molecule has 0 aliphatic rings. The maximum absolute atomic E-state index is 12.4. The van der Waals surface area contributed by atoms with Crippen molar-refractivity contribution in [3.8, 4) is 0 Å². The summed E-state index contributed by atoms with van der Waals surface area (Å²) in [7, 11) is 0. The maximum atomic E-state index is 12.4. The summed E-state index contributed by atoms with van der Waals surface area (Å²) in [5, 5.41) is 3.32. The number of carbonyl (C=O) groups excluding carboxylic acids is 2. The van der Waals surface area contributed by atoms with Crippen LogP contribution in [0.5, 0.6) is 0 Å². The zero-order chi connectivity index (χ0) is 16.2. The van der Waals surface area contributed by atoms with Gasteiger partial charge in [-0.25, -0.2) is 0 Å². The van der Waals surface area contributed by atoms with Crippen LogP contribution in [-0.2, 0) is 9.59 Å². The second-order valence-corrected chi connectivity index (χ2v) is 5.97. The summed E-state index contributed by atoms with van der Waals surface area (Å²) in [6.07, 6.45) is 0. The molecule has 4 nitrogen and oxygen atoms in total. The molecule has 1 aromatic carbocycles. The minimum atomic E-state index is -1.20. The number of amides is 2. The van der Waals surface area contributed by atoms with Crippen LogP contribution in [0.15, 0.2) is 18.2 Å². The Kier molecular flexibility index (Phi) is 6.05. The average molecular weight is 331 g/mol. The fourth-order valence-electron chi connectivity index (χ4n) is 1.89. The topological polar surface area (TPSA) is 49.4 Å². The molecule has 0 atom stereocenters. The van der Waals surface area contributed by atoms with Gasteiger partial charge in [-0.3, -0.25) is 9.59 Å². The molecule has 1 N–H and O–H groups in total. The van der Waals surface area contributed by atoms with E-state index in [1.807, 2.05) is 13.8 Å². The minimum absolute atomic E-state index is 0.229. The zero-order valence-corrected chi connectivity index (χ0v) is 14.2. The fourth-order valence-corrected chi connectivity index (χ4v) is 2.38. The summed E-state index contributed by atoms with van der Waals surface area (Å²) < 4.78 is 0. The van der Waals surface area contributed by atoms with E-state index < -0.39 is 11.3 Å². The largest absolute Gasteiger partial charge is 0.342 e. The Bertz CT molecular complexity index is 520. The van der Waals surface area contributed by atoms with Gasteiger partial charge in [-0.2, -0.15) is 0 Å². The van der Waals surface area contributed by atoms with Gasteiger partial charge in [0.25, 0.3) is 0 Å². The van der Waals surface area contributed by atoms with Crippen LogP contribution in [0.1, 0.15) is 27.7 Å². The summed E-state index contributed by atoms with van der Waals surface area (Å²) in [6.45, 7) is 8.04. The first-order valence-electron chi connectivity index (χ1n) is 6.80. The third-order valence-corrected chi connectivity index (χ3v) is 3.98. The maximum Gasteiger partial charge on any atom is 0.239 e. The SMILES string of the molecule is CCN(CC)C(=O)C(C)(C)C(=O)Nc1c(Cl)cccc1Cl. The molecule has 0 radical (unpaired) electrons. The molecule has 0 aromatic heterocycles. The Morgan fingerprint density at radius 1 is 1.14 bits per heavy atom. The van der Waals surface area contributed by atoms with Crippen molar-refractivity contribution in [2.45, 2.75) is 27.7 Å². The summed E-state index contributed by atoms with van der Waals surface area (Å²) in [4.78, 5) is 26.5. The van der Waals surface area contributed by atoms with Crippen molar-refractivity contribution >= 4 is 40.7 Å². The van der Waals surface area contributed by atoms with Gasteiger partial charge in [0.2, 0.25) is 11.8 Å². The second-order valence-electron chi connectivity index (χ2n) is 5.15. The third kappa shape index (κ3) is 3.89.